The lowest BCUT2D eigenvalue weighted by atomic mass is 9.79. The first-order valence-corrected chi connectivity index (χ1v) is 11.4. The molecule has 1 rings (SSSR count). The van der Waals surface area contributed by atoms with Gasteiger partial charge in [-0.15, -0.1) is 0 Å². The molecule has 0 bridgehead atoms. The molecule has 0 amide bonds. The highest BCUT2D eigenvalue weighted by Crippen LogP contribution is 2.29. The smallest absolute Gasteiger partial charge is 0.229 e. The molecule has 0 aromatic heterocycles. The molecule has 0 heterocycles. The normalized spacial score (nSPS) is 12.7. The van der Waals surface area contributed by atoms with Gasteiger partial charge in [0.25, 0.3) is 0 Å². The number of nitrogens with one attached hydrogen (secondary N) is 3. The van der Waals surface area contributed by atoms with E-state index >= 15 is 0 Å². The second-order valence-electron chi connectivity index (χ2n) is 6.76. The van der Waals surface area contributed by atoms with E-state index < -0.39 is 10.0 Å². The van der Waals surface area contributed by atoms with Crippen LogP contribution < -0.4 is 15.4 Å². The molecule has 0 aliphatic rings. The Balaban J connectivity index is 2.91. The molecule has 0 atom stereocenters. The number of sulfonamides is 1. The van der Waals surface area contributed by atoms with E-state index in [-0.39, 0.29) is 12.0 Å². The van der Waals surface area contributed by atoms with Gasteiger partial charge in [0.05, 0.1) is 18.5 Å². The van der Waals surface area contributed by atoms with Crippen molar-refractivity contribution in [1.29, 1.82) is 0 Å². The molecule has 0 saturated carbocycles. The third-order valence-corrected chi connectivity index (χ3v) is 5.43. The zero-order valence-corrected chi connectivity index (χ0v) is 17.7. The second-order valence-corrected chi connectivity index (χ2v) is 8.51. The van der Waals surface area contributed by atoms with Crippen LogP contribution >= 0.6 is 0 Å². The standard InChI is InChI=1S/C19H34N4O3S/c1-5-19(6-2,12-13-24)15-22-18(20-7-3)21-14-16-10-8-9-11-17(16)23-27(4,25)26/h8-11,23-24H,5-7,12-15H2,1-4H3,(H2,20,21,22). The van der Waals surface area contributed by atoms with Crippen LogP contribution in [0.25, 0.3) is 0 Å². The molecule has 0 radical (unpaired) electrons. The number of para-hydroxylation sites is 1. The number of nitrogens with zero attached hydrogens (tertiary/aromatic N) is 1. The number of aliphatic hydroxyl groups excluding tert-OH is 1. The summed E-state index contributed by atoms with van der Waals surface area (Å²) in [6.45, 7) is 8.23. The van der Waals surface area contributed by atoms with E-state index in [1.807, 2.05) is 19.1 Å². The summed E-state index contributed by atoms with van der Waals surface area (Å²) in [5, 5.41) is 16.0. The maximum absolute atomic E-state index is 11.5. The van der Waals surface area contributed by atoms with Crippen molar-refractivity contribution in [3.8, 4) is 0 Å². The lowest BCUT2D eigenvalue weighted by Gasteiger charge is -2.32. The van der Waals surface area contributed by atoms with Gasteiger partial charge in [-0.2, -0.15) is 0 Å². The quantitative estimate of drug-likeness (QED) is 0.338. The van der Waals surface area contributed by atoms with Crippen molar-refractivity contribution < 1.29 is 13.5 Å². The van der Waals surface area contributed by atoms with Crippen LogP contribution in [0.2, 0.25) is 0 Å². The Kier molecular flexibility index (Phi) is 9.59. The van der Waals surface area contributed by atoms with Crippen molar-refractivity contribution in [2.24, 2.45) is 10.4 Å². The molecule has 7 nitrogen and oxygen atoms in total. The van der Waals surface area contributed by atoms with E-state index in [1.165, 1.54) is 0 Å². The molecule has 27 heavy (non-hydrogen) atoms. The molecule has 0 saturated heterocycles. The van der Waals surface area contributed by atoms with E-state index in [9.17, 15) is 13.5 Å². The van der Waals surface area contributed by atoms with Crippen LogP contribution in [0.3, 0.4) is 0 Å². The van der Waals surface area contributed by atoms with E-state index in [4.69, 9.17) is 0 Å². The molecule has 0 unspecified atom stereocenters. The van der Waals surface area contributed by atoms with Crippen LogP contribution in [0.15, 0.2) is 29.3 Å². The molecule has 1 aromatic carbocycles. The minimum absolute atomic E-state index is 0.0285. The number of benzene rings is 1. The molecule has 0 aliphatic heterocycles. The van der Waals surface area contributed by atoms with Gasteiger partial charge in [-0.05, 0) is 43.2 Å². The van der Waals surface area contributed by atoms with Crippen molar-refractivity contribution in [2.45, 2.75) is 46.6 Å². The molecule has 0 fully saturated rings. The maximum Gasteiger partial charge on any atom is 0.229 e. The van der Waals surface area contributed by atoms with Crippen molar-refractivity contribution in [1.82, 2.24) is 10.6 Å². The van der Waals surface area contributed by atoms with Gasteiger partial charge in [-0.25, -0.2) is 13.4 Å². The lowest BCUT2D eigenvalue weighted by molar-refractivity contribution is 0.169. The number of rotatable bonds is 11. The SMILES string of the molecule is CCNC(=NCc1ccccc1NS(C)(=O)=O)NCC(CC)(CC)CCO. The Morgan fingerprint density at radius 1 is 1.15 bits per heavy atom. The van der Waals surface area contributed by atoms with Crippen molar-refractivity contribution in [3.05, 3.63) is 29.8 Å². The second kappa shape index (κ2) is 11.1. The molecule has 0 spiro atoms. The predicted octanol–water partition coefficient (Wildman–Crippen LogP) is 2.30. The predicted molar refractivity (Wildman–Crippen MR) is 112 cm³/mol. The van der Waals surface area contributed by atoms with Gasteiger partial charge in [0.1, 0.15) is 0 Å². The maximum atomic E-state index is 11.5. The molecule has 4 N–H and O–H groups in total. The summed E-state index contributed by atoms with van der Waals surface area (Å²) in [7, 11) is -3.34. The number of hydrogen-bond donors (Lipinski definition) is 4. The number of hydrogen-bond acceptors (Lipinski definition) is 4. The lowest BCUT2D eigenvalue weighted by Crippen LogP contribution is -2.43. The number of guanidine groups is 1. The average molecular weight is 399 g/mol. The highest BCUT2D eigenvalue weighted by molar-refractivity contribution is 7.92. The minimum Gasteiger partial charge on any atom is -0.396 e. The first-order valence-electron chi connectivity index (χ1n) is 9.48. The topological polar surface area (TPSA) is 103 Å². The largest absolute Gasteiger partial charge is 0.396 e. The van der Waals surface area contributed by atoms with Gasteiger partial charge in [0, 0.05) is 19.7 Å². The third kappa shape index (κ3) is 8.17. The highest BCUT2D eigenvalue weighted by atomic mass is 32.2. The van der Waals surface area contributed by atoms with Gasteiger partial charge < -0.3 is 15.7 Å². The third-order valence-electron chi connectivity index (χ3n) is 4.84. The van der Waals surface area contributed by atoms with Crippen LogP contribution in [0, 0.1) is 5.41 Å². The fourth-order valence-electron chi connectivity index (χ4n) is 2.91. The fraction of sp³-hybridized carbons (Fsp3) is 0.632. The van der Waals surface area contributed by atoms with E-state index in [1.54, 1.807) is 12.1 Å². The van der Waals surface area contributed by atoms with E-state index in [0.29, 0.717) is 18.2 Å². The average Bonchev–Trinajstić information content (AvgIpc) is 2.63. The monoisotopic (exact) mass is 398 g/mol. The Morgan fingerprint density at radius 2 is 1.81 bits per heavy atom. The summed E-state index contributed by atoms with van der Waals surface area (Å²) < 4.78 is 25.6. The zero-order valence-electron chi connectivity index (χ0n) is 16.9. The van der Waals surface area contributed by atoms with Crippen LogP contribution in [-0.4, -0.2) is 45.4 Å². The Hall–Kier alpha value is -1.80. The molecular weight excluding hydrogens is 364 g/mol. The van der Waals surface area contributed by atoms with E-state index in [2.05, 4.69) is 34.2 Å². The van der Waals surface area contributed by atoms with Crippen molar-refractivity contribution in [3.63, 3.8) is 0 Å². The molecule has 1 aromatic rings. The van der Waals surface area contributed by atoms with Gasteiger partial charge in [0.2, 0.25) is 10.0 Å². The van der Waals surface area contributed by atoms with Gasteiger partial charge in [-0.3, -0.25) is 4.72 Å². The summed E-state index contributed by atoms with van der Waals surface area (Å²) in [6.07, 6.45) is 3.82. The summed E-state index contributed by atoms with van der Waals surface area (Å²) in [4.78, 5) is 4.60. The van der Waals surface area contributed by atoms with Crippen LogP contribution in [0.1, 0.15) is 45.6 Å². The van der Waals surface area contributed by atoms with Crippen molar-refractivity contribution in [2.75, 3.05) is 30.7 Å². The van der Waals surface area contributed by atoms with Crippen molar-refractivity contribution >= 4 is 21.7 Å². The summed E-state index contributed by atoms with van der Waals surface area (Å²) in [5.74, 6) is 0.677. The highest BCUT2D eigenvalue weighted by Gasteiger charge is 2.25. The van der Waals surface area contributed by atoms with Crippen LogP contribution in [0.5, 0.6) is 0 Å². The van der Waals surface area contributed by atoms with Gasteiger partial charge >= 0.3 is 0 Å². The summed E-state index contributed by atoms with van der Waals surface area (Å²) >= 11 is 0. The Labute approximate surface area is 163 Å². The van der Waals surface area contributed by atoms with Crippen LogP contribution in [0.4, 0.5) is 5.69 Å². The molecule has 0 aliphatic carbocycles. The number of anilines is 1. The molecular formula is C19H34N4O3S. The Morgan fingerprint density at radius 3 is 2.37 bits per heavy atom. The molecule has 154 valence electrons. The Bertz CT molecular complexity index is 701. The molecule has 8 heteroatoms. The summed E-state index contributed by atoms with van der Waals surface area (Å²) in [6, 6.07) is 7.23. The fourth-order valence-corrected chi connectivity index (χ4v) is 3.51. The van der Waals surface area contributed by atoms with E-state index in [0.717, 1.165) is 44.2 Å². The zero-order chi connectivity index (χ0) is 20.3. The number of aliphatic hydroxyl groups is 1. The first kappa shape index (κ1) is 23.2. The first-order chi connectivity index (χ1) is 12.8. The van der Waals surface area contributed by atoms with Crippen LogP contribution in [-0.2, 0) is 16.6 Å². The van der Waals surface area contributed by atoms with Gasteiger partial charge in [-0.1, -0.05) is 32.0 Å². The number of aliphatic imine (C=N–C) groups is 1. The summed E-state index contributed by atoms with van der Waals surface area (Å²) in [5.41, 5.74) is 1.37. The minimum atomic E-state index is -3.34. The van der Waals surface area contributed by atoms with Gasteiger partial charge in [0.15, 0.2) is 5.96 Å².